The Bertz CT molecular complexity index is 776. The molecule has 0 bridgehead atoms. The van der Waals surface area contributed by atoms with E-state index in [1.165, 1.54) is 0 Å². The SMILES string of the molecule is CC[C@H](C)NC(=O)[C@@H](NC(=O)c1ccccc1C)C1CCN(C(=O)CC(C)(C)C)CC1. The molecule has 0 aromatic heterocycles. The van der Waals surface area contributed by atoms with Gasteiger partial charge in [-0.2, -0.15) is 0 Å². The van der Waals surface area contributed by atoms with Crippen molar-refractivity contribution in [1.29, 1.82) is 0 Å². The largest absolute Gasteiger partial charge is 0.352 e. The van der Waals surface area contributed by atoms with Gasteiger partial charge in [0.1, 0.15) is 6.04 Å². The van der Waals surface area contributed by atoms with Crippen molar-refractivity contribution in [1.82, 2.24) is 15.5 Å². The third-order valence-corrected chi connectivity index (χ3v) is 6.01. The van der Waals surface area contributed by atoms with E-state index in [1.54, 1.807) is 6.07 Å². The van der Waals surface area contributed by atoms with Crippen LogP contribution in [0, 0.1) is 18.3 Å². The van der Waals surface area contributed by atoms with E-state index in [4.69, 9.17) is 0 Å². The van der Waals surface area contributed by atoms with Crippen molar-refractivity contribution in [3.8, 4) is 0 Å². The van der Waals surface area contributed by atoms with E-state index >= 15 is 0 Å². The van der Waals surface area contributed by atoms with Crippen molar-refractivity contribution in [3.05, 3.63) is 35.4 Å². The number of rotatable bonds is 7. The molecule has 2 N–H and O–H groups in total. The summed E-state index contributed by atoms with van der Waals surface area (Å²) in [5, 5.41) is 6.03. The summed E-state index contributed by atoms with van der Waals surface area (Å²) in [5.41, 5.74) is 1.42. The van der Waals surface area contributed by atoms with E-state index in [1.807, 2.05) is 43.9 Å². The van der Waals surface area contributed by atoms with Gasteiger partial charge in [-0.25, -0.2) is 0 Å². The van der Waals surface area contributed by atoms with Crippen LogP contribution in [0.2, 0.25) is 0 Å². The van der Waals surface area contributed by atoms with Gasteiger partial charge in [-0.1, -0.05) is 45.9 Å². The van der Waals surface area contributed by atoms with Crippen LogP contribution < -0.4 is 10.6 Å². The third-order valence-electron chi connectivity index (χ3n) is 6.01. The fraction of sp³-hybridized carbons (Fsp3) is 0.640. The zero-order valence-corrected chi connectivity index (χ0v) is 20.0. The van der Waals surface area contributed by atoms with E-state index in [0.717, 1.165) is 12.0 Å². The zero-order valence-electron chi connectivity index (χ0n) is 20.0. The highest BCUT2D eigenvalue weighted by Crippen LogP contribution is 2.25. The Morgan fingerprint density at radius 2 is 1.71 bits per heavy atom. The number of nitrogens with zero attached hydrogens (tertiary/aromatic N) is 1. The first-order valence-corrected chi connectivity index (χ1v) is 11.5. The Kier molecular flexibility index (Phi) is 8.66. The van der Waals surface area contributed by atoms with Gasteiger partial charge >= 0.3 is 0 Å². The number of aryl methyl sites for hydroxylation is 1. The molecule has 0 aliphatic carbocycles. The molecule has 1 aliphatic rings. The van der Waals surface area contributed by atoms with Crippen molar-refractivity contribution in [2.24, 2.45) is 11.3 Å². The van der Waals surface area contributed by atoms with Crippen molar-refractivity contribution in [3.63, 3.8) is 0 Å². The van der Waals surface area contributed by atoms with Crippen molar-refractivity contribution in [2.45, 2.75) is 79.3 Å². The smallest absolute Gasteiger partial charge is 0.252 e. The van der Waals surface area contributed by atoms with Crippen LogP contribution in [-0.4, -0.2) is 47.8 Å². The molecule has 31 heavy (non-hydrogen) atoms. The summed E-state index contributed by atoms with van der Waals surface area (Å²) in [7, 11) is 0. The summed E-state index contributed by atoms with van der Waals surface area (Å²) in [4.78, 5) is 40.5. The molecule has 2 atom stereocenters. The second kappa shape index (κ2) is 10.8. The minimum Gasteiger partial charge on any atom is -0.352 e. The summed E-state index contributed by atoms with van der Waals surface area (Å²) < 4.78 is 0. The number of benzene rings is 1. The molecular formula is C25H39N3O3. The Hall–Kier alpha value is -2.37. The first-order valence-electron chi connectivity index (χ1n) is 11.5. The van der Waals surface area contributed by atoms with E-state index < -0.39 is 6.04 Å². The molecule has 2 rings (SSSR count). The molecule has 172 valence electrons. The highest BCUT2D eigenvalue weighted by molar-refractivity contribution is 5.98. The summed E-state index contributed by atoms with van der Waals surface area (Å²) in [6, 6.07) is 6.82. The molecule has 1 saturated heterocycles. The van der Waals surface area contributed by atoms with Gasteiger partial charge in [-0.3, -0.25) is 14.4 Å². The van der Waals surface area contributed by atoms with Crippen LogP contribution >= 0.6 is 0 Å². The second-order valence-electron chi connectivity index (χ2n) is 10.0. The monoisotopic (exact) mass is 429 g/mol. The molecule has 3 amide bonds. The molecule has 6 nitrogen and oxygen atoms in total. The predicted molar refractivity (Wildman–Crippen MR) is 124 cm³/mol. The summed E-state index contributed by atoms with van der Waals surface area (Å²) in [5.74, 6) is -0.212. The van der Waals surface area contributed by atoms with Crippen LogP contribution in [0.5, 0.6) is 0 Å². The van der Waals surface area contributed by atoms with Gasteiger partial charge in [-0.05, 0) is 56.1 Å². The Labute approximate surface area is 187 Å². The fourth-order valence-electron chi connectivity index (χ4n) is 3.93. The Morgan fingerprint density at radius 1 is 1.10 bits per heavy atom. The van der Waals surface area contributed by atoms with Gasteiger partial charge in [0.2, 0.25) is 11.8 Å². The summed E-state index contributed by atoms with van der Waals surface area (Å²) in [6.45, 7) is 13.3. The predicted octanol–water partition coefficient (Wildman–Crippen LogP) is 3.68. The maximum Gasteiger partial charge on any atom is 0.252 e. The van der Waals surface area contributed by atoms with Crippen LogP contribution in [0.3, 0.4) is 0 Å². The lowest BCUT2D eigenvalue weighted by Gasteiger charge is -2.37. The van der Waals surface area contributed by atoms with Crippen molar-refractivity contribution < 1.29 is 14.4 Å². The van der Waals surface area contributed by atoms with Gasteiger partial charge in [0.05, 0.1) is 0 Å². The maximum absolute atomic E-state index is 13.1. The van der Waals surface area contributed by atoms with Crippen LogP contribution in [0.1, 0.15) is 76.2 Å². The third kappa shape index (κ3) is 7.37. The van der Waals surface area contributed by atoms with Gasteiger partial charge in [-0.15, -0.1) is 0 Å². The molecule has 1 aliphatic heterocycles. The number of hydrogen-bond donors (Lipinski definition) is 2. The Morgan fingerprint density at radius 3 is 2.26 bits per heavy atom. The van der Waals surface area contributed by atoms with E-state index in [2.05, 4.69) is 31.4 Å². The first kappa shape index (κ1) is 24.9. The molecule has 1 heterocycles. The van der Waals surface area contributed by atoms with Crippen LogP contribution in [0.4, 0.5) is 0 Å². The molecule has 1 aromatic carbocycles. The average Bonchev–Trinajstić information content (AvgIpc) is 2.70. The summed E-state index contributed by atoms with van der Waals surface area (Å²) >= 11 is 0. The fourth-order valence-corrected chi connectivity index (χ4v) is 3.93. The molecule has 1 aromatic rings. The number of amides is 3. The molecule has 0 spiro atoms. The van der Waals surface area contributed by atoms with Crippen LogP contribution in [-0.2, 0) is 9.59 Å². The van der Waals surface area contributed by atoms with Gasteiger partial charge in [0.25, 0.3) is 5.91 Å². The number of nitrogens with one attached hydrogen (secondary N) is 2. The number of likely N-dealkylation sites (tertiary alicyclic amines) is 1. The minimum atomic E-state index is -0.610. The van der Waals surface area contributed by atoms with Gasteiger partial charge < -0.3 is 15.5 Å². The topological polar surface area (TPSA) is 78.5 Å². The molecule has 0 radical (unpaired) electrons. The minimum absolute atomic E-state index is 0.00397. The number of hydrogen-bond acceptors (Lipinski definition) is 3. The van der Waals surface area contributed by atoms with E-state index in [-0.39, 0.29) is 35.1 Å². The first-order chi connectivity index (χ1) is 14.5. The molecule has 6 heteroatoms. The standard InChI is InChI=1S/C25H39N3O3/c1-7-18(3)26-24(31)22(27-23(30)20-11-9-8-10-17(20)2)19-12-14-28(15-13-19)21(29)16-25(4,5)6/h8-11,18-19,22H,7,12-16H2,1-6H3,(H,26,31)(H,27,30)/t18-,22-/m0/s1. The second-order valence-corrected chi connectivity index (χ2v) is 10.0. The molecule has 0 unspecified atom stereocenters. The molecule has 0 saturated carbocycles. The number of carbonyl (C=O) groups excluding carboxylic acids is 3. The van der Waals surface area contributed by atoms with E-state index in [9.17, 15) is 14.4 Å². The van der Waals surface area contributed by atoms with Crippen LogP contribution in [0.15, 0.2) is 24.3 Å². The van der Waals surface area contributed by atoms with Crippen molar-refractivity contribution in [2.75, 3.05) is 13.1 Å². The quantitative estimate of drug-likeness (QED) is 0.694. The highest BCUT2D eigenvalue weighted by Gasteiger charge is 2.35. The van der Waals surface area contributed by atoms with Gasteiger partial charge in [0.15, 0.2) is 0 Å². The van der Waals surface area contributed by atoms with Crippen LogP contribution in [0.25, 0.3) is 0 Å². The molecular weight excluding hydrogens is 390 g/mol. The van der Waals surface area contributed by atoms with Gasteiger partial charge in [0, 0.05) is 31.1 Å². The lowest BCUT2D eigenvalue weighted by atomic mass is 9.87. The number of piperidine rings is 1. The van der Waals surface area contributed by atoms with Crippen molar-refractivity contribution >= 4 is 17.7 Å². The average molecular weight is 430 g/mol. The number of carbonyl (C=O) groups is 3. The lowest BCUT2D eigenvalue weighted by Crippen LogP contribution is -2.55. The zero-order chi connectivity index (χ0) is 23.2. The maximum atomic E-state index is 13.1. The normalized spacial score (nSPS) is 17.0. The Balaban J connectivity index is 2.11. The highest BCUT2D eigenvalue weighted by atomic mass is 16.2. The summed E-state index contributed by atoms with van der Waals surface area (Å²) in [6.07, 6.45) is 2.73. The van der Waals surface area contributed by atoms with E-state index in [0.29, 0.717) is 37.9 Å². The lowest BCUT2D eigenvalue weighted by molar-refractivity contribution is -0.134. The molecule has 1 fully saturated rings.